The van der Waals surface area contributed by atoms with E-state index in [9.17, 15) is 14.8 Å². The Balaban J connectivity index is 2.62. The molecule has 5 N–H and O–H groups in total. The molecule has 1 heterocycles. The first-order chi connectivity index (χ1) is 10.4. The zero-order valence-electron chi connectivity index (χ0n) is 11.8. The maximum atomic E-state index is 11.9. The van der Waals surface area contributed by atoms with Gasteiger partial charge in [0, 0.05) is 11.5 Å². The van der Waals surface area contributed by atoms with Gasteiger partial charge in [-0.2, -0.15) is 5.90 Å². The fourth-order valence-electron chi connectivity index (χ4n) is 2.51. The Kier molecular flexibility index (Phi) is 4.43. The summed E-state index contributed by atoms with van der Waals surface area (Å²) in [6.45, 7) is -3.21. The highest BCUT2D eigenvalue weighted by molar-refractivity contribution is 6.59. The lowest BCUT2D eigenvalue weighted by Crippen LogP contribution is -2.52. The van der Waals surface area contributed by atoms with Gasteiger partial charge in [0.05, 0.1) is 12.9 Å². The molecular formula is C11H15BN4O6. The smallest absolute Gasteiger partial charge is 0.431 e. The van der Waals surface area contributed by atoms with E-state index in [4.69, 9.17) is 14.9 Å². The number of quaternary nitrogens is 1. The minimum Gasteiger partial charge on any atom is -0.669 e. The standard InChI is InChI=1S/C11H15BN4O6/c1-20-8-3-2-7-6(5-15-16-13)4-12(18,19)21-10(7)9(8)11(17)22-14/h2-3,6,18-19H,4-5H2,1,14H3. The fraction of sp³-hybridized carbons (Fsp3) is 0.364. The molecule has 1 aromatic rings. The van der Waals surface area contributed by atoms with Gasteiger partial charge in [-0.3, -0.25) is 4.84 Å². The molecule has 1 aliphatic rings. The van der Waals surface area contributed by atoms with E-state index in [1.54, 1.807) is 6.07 Å². The second-order valence-electron chi connectivity index (χ2n) is 4.81. The molecule has 2 rings (SSSR count). The topological polar surface area (TPSA) is 162 Å². The minimum atomic E-state index is -3.20. The van der Waals surface area contributed by atoms with E-state index in [1.807, 2.05) is 0 Å². The molecule has 0 bridgehead atoms. The molecule has 0 aromatic heterocycles. The van der Waals surface area contributed by atoms with Crippen LogP contribution in [0.4, 0.5) is 0 Å². The van der Waals surface area contributed by atoms with Gasteiger partial charge in [-0.05, 0) is 23.1 Å². The van der Waals surface area contributed by atoms with Crippen LogP contribution in [0, 0.1) is 0 Å². The van der Waals surface area contributed by atoms with E-state index in [2.05, 4.69) is 20.8 Å². The number of hydrogen-bond acceptors (Lipinski definition) is 7. The lowest BCUT2D eigenvalue weighted by Gasteiger charge is -2.41. The molecule has 0 saturated carbocycles. The average molecular weight is 310 g/mol. The lowest BCUT2D eigenvalue weighted by molar-refractivity contribution is -0.653. The first-order valence-corrected chi connectivity index (χ1v) is 6.41. The van der Waals surface area contributed by atoms with Crippen LogP contribution < -0.4 is 15.3 Å². The van der Waals surface area contributed by atoms with E-state index < -0.39 is 18.6 Å². The molecule has 0 fully saturated rings. The SMILES string of the molecule is COc1ccc2c(c1C(=O)O[NH3+])O[B-](O)(O)CC2CN=[N+]=[N-]. The van der Waals surface area contributed by atoms with Gasteiger partial charge < -0.3 is 19.4 Å². The highest BCUT2D eigenvalue weighted by Crippen LogP contribution is 2.43. The Hall–Kier alpha value is -2.46. The number of benzene rings is 1. The Bertz CT molecular complexity index is 646. The fourth-order valence-corrected chi connectivity index (χ4v) is 2.51. The summed E-state index contributed by atoms with van der Waals surface area (Å²) in [7, 11) is 1.35. The molecule has 0 radical (unpaired) electrons. The summed E-state index contributed by atoms with van der Waals surface area (Å²) in [5.41, 5.74) is 8.84. The molecular weight excluding hydrogens is 295 g/mol. The third-order valence-corrected chi connectivity index (χ3v) is 3.41. The third-order valence-electron chi connectivity index (χ3n) is 3.41. The molecule has 22 heavy (non-hydrogen) atoms. The van der Waals surface area contributed by atoms with Gasteiger partial charge in [0.15, 0.2) is 0 Å². The van der Waals surface area contributed by atoms with Gasteiger partial charge in [-0.1, -0.05) is 17.5 Å². The Morgan fingerprint density at radius 1 is 1.64 bits per heavy atom. The van der Waals surface area contributed by atoms with Crippen LogP contribution in [0.15, 0.2) is 17.2 Å². The number of methoxy groups -OCH3 is 1. The van der Waals surface area contributed by atoms with Crippen molar-refractivity contribution in [1.29, 1.82) is 0 Å². The van der Waals surface area contributed by atoms with Crippen LogP contribution >= 0.6 is 0 Å². The summed E-state index contributed by atoms with van der Waals surface area (Å²) in [5, 5.41) is 23.2. The van der Waals surface area contributed by atoms with Crippen LogP contribution in [-0.4, -0.2) is 36.4 Å². The minimum absolute atomic E-state index is 0.0112. The molecule has 1 aromatic carbocycles. The number of carbonyl (C=O) groups excluding carboxylic acids is 1. The molecule has 11 heteroatoms. The Morgan fingerprint density at radius 3 is 2.95 bits per heavy atom. The van der Waals surface area contributed by atoms with Crippen molar-refractivity contribution >= 4 is 12.7 Å². The molecule has 0 amide bonds. The summed E-state index contributed by atoms with van der Waals surface area (Å²) in [6, 6.07) is 3.13. The Morgan fingerprint density at radius 2 is 2.36 bits per heavy atom. The molecule has 10 nitrogen and oxygen atoms in total. The van der Waals surface area contributed by atoms with E-state index in [1.165, 1.54) is 13.2 Å². The van der Waals surface area contributed by atoms with Crippen molar-refractivity contribution in [1.82, 2.24) is 0 Å². The molecule has 118 valence electrons. The quantitative estimate of drug-likeness (QED) is 0.228. The second-order valence-corrected chi connectivity index (χ2v) is 4.81. The summed E-state index contributed by atoms with van der Waals surface area (Å²) in [5.74, 6) is 1.76. The zero-order valence-corrected chi connectivity index (χ0v) is 11.8. The molecule has 0 spiro atoms. The van der Waals surface area contributed by atoms with Gasteiger partial charge in [0.2, 0.25) is 0 Å². The van der Waals surface area contributed by atoms with Crippen molar-refractivity contribution in [2.75, 3.05) is 13.7 Å². The van der Waals surface area contributed by atoms with Gasteiger partial charge in [0.25, 0.3) is 0 Å². The number of carbonyl (C=O) groups is 1. The average Bonchev–Trinajstić information content (AvgIpc) is 2.49. The van der Waals surface area contributed by atoms with Crippen LogP contribution in [-0.2, 0) is 4.84 Å². The molecule has 1 unspecified atom stereocenters. The number of fused-ring (bicyclic) bond motifs is 1. The first-order valence-electron chi connectivity index (χ1n) is 6.41. The van der Waals surface area contributed by atoms with Gasteiger partial charge in [0.1, 0.15) is 11.3 Å². The van der Waals surface area contributed by atoms with Gasteiger partial charge in [-0.25, -0.2) is 4.79 Å². The van der Waals surface area contributed by atoms with Crippen LogP contribution in [0.5, 0.6) is 11.5 Å². The maximum Gasteiger partial charge on any atom is 0.431 e. The van der Waals surface area contributed by atoms with Crippen molar-refractivity contribution in [2.24, 2.45) is 5.11 Å². The van der Waals surface area contributed by atoms with Crippen LogP contribution in [0.1, 0.15) is 21.8 Å². The van der Waals surface area contributed by atoms with E-state index >= 15 is 0 Å². The van der Waals surface area contributed by atoms with Gasteiger partial charge in [-0.15, -0.1) is 0 Å². The second kappa shape index (κ2) is 6.12. The summed E-state index contributed by atoms with van der Waals surface area (Å²) >= 11 is 0. The van der Waals surface area contributed by atoms with Gasteiger partial charge >= 0.3 is 12.7 Å². The zero-order chi connectivity index (χ0) is 16.3. The summed E-state index contributed by atoms with van der Waals surface area (Å²) in [4.78, 5) is 19.0. The number of azide groups is 1. The predicted molar refractivity (Wildman–Crippen MR) is 73.7 cm³/mol. The number of ether oxygens (including phenoxy) is 1. The van der Waals surface area contributed by atoms with Crippen LogP contribution in [0.2, 0.25) is 6.32 Å². The van der Waals surface area contributed by atoms with Crippen molar-refractivity contribution in [3.8, 4) is 11.5 Å². The summed E-state index contributed by atoms with van der Waals surface area (Å²) < 4.78 is 10.2. The molecule has 1 atom stereocenters. The van der Waals surface area contributed by atoms with Crippen molar-refractivity contribution < 1.29 is 35.0 Å². The first kappa shape index (κ1) is 15.9. The Labute approximate surface area is 125 Å². The van der Waals surface area contributed by atoms with E-state index in [-0.39, 0.29) is 29.9 Å². The monoisotopic (exact) mass is 310 g/mol. The summed E-state index contributed by atoms with van der Waals surface area (Å²) in [6.07, 6.45) is -0.156. The van der Waals surface area contributed by atoms with Crippen molar-refractivity contribution in [2.45, 2.75) is 12.2 Å². The van der Waals surface area contributed by atoms with Crippen LogP contribution in [0.3, 0.4) is 0 Å². The highest BCUT2D eigenvalue weighted by Gasteiger charge is 2.38. The number of rotatable bonds is 4. The molecule has 0 saturated heterocycles. The van der Waals surface area contributed by atoms with Crippen LogP contribution in [0.25, 0.3) is 10.4 Å². The van der Waals surface area contributed by atoms with Crippen molar-refractivity contribution in [3.05, 3.63) is 33.7 Å². The third kappa shape index (κ3) is 2.92. The largest absolute Gasteiger partial charge is 0.669 e. The molecule has 0 aliphatic carbocycles. The van der Waals surface area contributed by atoms with Crippen molar-refractivity contribution in [3.63, 3.8) is 0 Å². The number of nitrogens with zero attached hydrogens (tertiary/aromatic N) is 3. The number of hydrogen-bond donors (Lipinski definition) is 3. The maximum absolute atomic E-state index is 11.9. The predicted octanol–water partition coefficient (Wildman–Crippen LogP) is -0.281. The highest BCUT2D eigenvalue weighted by atomic mass is 16.7. The lowest BCUT2D eigenvalue weighted by atomic mass is 9.65. The normalized spacial score (nSPS) is 18.5. The van der Waals surface area contributed by atoms with E-state index in [0.29, 0.717) is 5.56 Å². The van der Waals surface area contributed by atoms with E-state index in [0.717, 1.165) is 0 Å². The molecule has 1 aliphatic heterocycles.